The van der Waals surface area contributed by atoms with E-state index in [1.165, 1.54) is 11.8 Å². The van der Waals surface area contributed by atoms with Crippen LogP contribution in [0.5, 0.6) is 5.75 Å². The van der Waals surface area contributed by atoms with Gasteiger partial charge in [0.15, 0.2) is 11.3 Å². The highest BCUT2D eigenvalue weighted by Crippen LogP contribution is 2.45. The summed E-state index contributed by atoms with van der Waals surface area (Å²) >= 11 is 12.0. The van der Waals surface area contributed by atoms with Crippen LogP contribution in [0.4, 0.5) is 0 Å². The van der Waals surface area contributed by atoms with E-state index >= 15 is 0 Å². The number of amidine groups is 1. The Hall–Kier alpha value is -1.36. The fourth-order valence-electron chi connectivity index (χ4n) is 3.43. The van der Waals surface area contributed by atoms with E-state index in [1.807, 2.05) is 24.3 Å². The molecule has 1 amide bonds. The van der Waals surface area contributed by atoms with Gasteiger partial charge in [-0.2, -0.15) is 0 Å². The molecule has 1 unspecified atom stereocenters. The number of para-hydroxylation sites is 1. The second-order valence-electron chi connectivity index (χ2n) is 7.04. The number of hydrogen-bond acceptors (Lipinski definition) is 6. The number of carbonyl (C=O) groups excluding carboxylic acids is 1. The molecular weight excluding hydrogens is 612 g/mol. The minimum Gasteiger partial charge on any atom is -0.506 e. The first kappa shape index (κ1) is 22.8. The molecule has 2 aliphatic rings. The number of phenols is 1. The van der Waals surface area contributed by atoms with Crippen molar-refractivity contribution in [2.45, 2.75) is 32.4 Å². The second-order valence-corrected chi connectivity index (χ2v) is 10.6. The van der Waals surface area contributed by atoms with Gasteiger partial charge < -0.3 is 5.11 Å². The van der Waals surface area contributed by atoms with Crippen LogP contribution in [-0.2, 0) is 4.79 Å². The fourth-order valence-corrected chi connectivity index (χ4v) is 6.82. The molecule has 2 aliphatic heterocycles. The molecule has 2 heterocycles. The van der Waals surface area contributed by atoms with Gasteiger partial charge >= 0.3 is 0 Å². The van der Waals surface area contributed by atoms with Crippen molar-refractivity contribution in [1.29, 1.82) is 0 Å². The molecule has 2 aromatic carbocycles. The summed E-state index contributed by atoms with van der Waals surface area (Å²) in [4.78, 5) is 18.0. The number of nitrogens with zero attached hydrogens (tertiary/aromatic N) is 3. The largest absolute Gasteiger partial charge is 0.506 e. The van der Waals surface area contributed by atoms with Gasteiger partial charge in [-0.3, -0.25) is 15.1 Å². The van der Waals surface area contributed by atoms with Crippen LogP contribution in [0.25, 0.3) is 5.70 Å². The van der Waals surface area contributed by atoms with Crippen molar-refractivity contribution in [3.8, 4) is 5.75 Å². The molecular formula is C21H19Br3N4O2S. The maximum absolute atomic E-state index is 13.2. The minimum atomic E-state index is -0.634. The van der Waals surface area contributed by atoms with Crippen molar-refractivity contribution in [3.05, 3.63) is 59.9 Å². The molecule has 0 fully saturated rings. The van der Waals surface area contributed by atoms with E-state index in [1.54, 1.807) is 11.1 Å². The van der Waals surface area contributed by atoms with E-state index in [-0.39, 0.29) is 11.7 Å². The molecule has 6 nitrogen and oxygen atoms in total. The second kappa shape index (κ2) is 9.64. The van der Waals surface area contributed by atoms with E-state index < -0.39 is 6.17 Å². The maximum atomic E-state index is 13.2. The number of rotatable bonds is 5. The summed E-state index contributed by atoms with van der Waals surface area (Å²) < 4.78 is 1.76. The molecule has 1 atom stereocenters. The Morgan fingerprint density at radius 2 is 1.97 bits per heavy atom. The number of thioether (sulfide) groups is 1. The number of hydrogen-bond donors (Lipinski definition) is 2. The number of carbonyl (C=O) groups is 1. The van der Waals surface area contributed by atoms with Crippen LogP contribution >= 0.6 is 59.6 Å². The van der Waals surface area contributed by atoms with E-state index in [9.17, 15) is 9.90 Å². The topological polar surface area (TPSA) is 77.3 Å². The summed E-state index contributed by atoms with van der Waals surface area (Å²) in [7, 11) is 0. The van der Waals surface area contributed by atoms with Gasteiger partial charge in [0.1, 0.15) is 11.4 Å². The Bertz CT molecular complexity index is 1200. The number of fused-ring (bicyclic) bond motifs is 2. The van der Waals surface area contributed by atoms with Gasteiger partial charge in [-0.25, -0.2) is 5.01 Å². The Morgan fingerprint density at radius 1 is 1.19 bits per heavy atom. The lowest BCUT2D eigenvalue weighted by Gasteiger charge is -2.35. The highest BCUT2D eigenvalue weighted by atomic mass is 79.9. The van der Waals surface area contributed by atoms with Crippen molar-refractivity contribution in [2.24, 2.45) is 10.1 Å². The third kappa shape index (κ3) is 4.44. The number of unbranched alkanes of at least 4 members (excludes halogenated alkanes) is 2. The van der Waals surface area contributed by atoms with Gasteiger partial charge in [0, 0.05) is 21.0 Å². The highest BCUT2D eigenvalue weighted by molar-refractivity contribution is 9.11. The lowest BCUT2D eigenvalue weighted by atomic mass is 10.1. The summed E-state index contributed by atoms with van der Waals surface area (Å²) in [5, 5.41) is 21.8. The Kier molecular flexibility index (Phi) is 7.10. The first-order valence-electron chi connectivity index (χ1n) is 9.78. The van der Waals surface area contributed by atoms with Gasteiger partial charge in [-0.15, -0.1) is 5.10 Å². The van der Waals surface area contributed by atoms with Crippen molar-refractivity contribution in [2.75, 3.05) is 5.75 Å². The lowest BCUT2D eigenvalue weighted by molar-refractivity contribution is -0.116. The quantitative estimate of drug-likeness (QED) is 0.468. The first-order valence-corrected chi connectivity index (χ1v) is 13.1. The third-order valence-corrected chi connectivity index (χ3v) is 7.95. The number of hydrazone groups is 1. The van der Waals surface area contributed by atoms with Crippen LogP contribution in [0.15, 0.2) is 53.8 Å². The van der Waals surface area contributed by atoms with Gasteiger partial charge in [0.2, 0.25) is 0 Å². The normalized spacial score (nSPS) is 17.5. The zero-order valence-corrected chi connectivity index (χ0v) is 22.1. The monoisotopic (exact) mass is 628 g/mol. The molecule has 2 N–H and O–H groups in total. The summed E-state index contributed by atoms with van der Waals surface area (Å²) in [6, 6.07) is 9.27. The SMILES string of the molecule is CCCCCSC1=NN2C(=c3ccccc3=NC2c2c(Br)cc(Br)c(O)c2Br)C(=O)N1. The van der Waals surface area contributed by atoms with E-state index in [0.717, 1.165) is 34.7 Å². The van der Waals surface area contributed by atoms with Gasteiger partial charge in [-0.1, -0.05) is 65.7 Å². The number of benzene rings is 2. The molecule has 0 saturated carbocycles. The average molecular weight is 631 g/mol. The fraction of sp³-hybridized carbons (Fsp3) is 0.286. The number of phenolic OH excluding ortho intramolecular Hbond substituents is 1. The molecule has 0 aromatic heterocycles. The molecule has 0 bridgehead atoms. The molecule has 31 heavy (non-hydrogen) atoms. The number of nitrogens with one attached hydrogen (secondary N) is 1. The molecule has 0 spiro atoms. The predicted octanol–water partition coefficient (Wildman–Crippen LogP) is 4.75. The maximum Gasteiger partial charge on any atom is 0.276 e. The molecule has 0 saturated heterocycles. The van der Waals surface area contributed by atoms with Crippen LogP contribution in [-0.4, -0.2) is 26.9 Å². The highest BCUT2D eigenvalue weighted by Gasteiger charge is 2.36. The van der Waals surface area contributed by atoms with Crippen LogP contribution in [0, 0.1) is 0 Å². The number of halogens is 3. The Morgan fingerprint density at radius 3 is 2.74 bits per heavy atom. The lowest BCUT2D eigenvalue weighted by Crippen LogP contribution is -2.50. The summed E-state index contributed by atoms with van der Waals surface area (Å²) in [5.74, 6) is 0.725. The van der Waals surface area contributed by atoms with Gasteiger partial charge in [-0.05, 0) is 50.4 Å². The van der Waals surface area contributed by atoms with Crippen molar-refractivity contribution in [1.82, 2.24) is 10.3 Å². The molecule has 10 heteroatoms. The summed E-state index contributed by atoms with van der Waals surface area (Å²) in [6.45, 7) is 2.16. The number of aromatic hydroxyl groups is 1. The van der Waals surface area contributed by atoms with Crippen molar-refractivity contribution >= 4 is 76.3 Å². The average Bonchev–Trinajstić information content (AvgIpc) is 2.75. The molecule has 4 rings (SSSR count). The zero-order valence-electron chi connectivity index (χ0n) is 16.5. The minimum absolute atomic E-state index is 0.0633. The van der Waals surface area contributed by atoms with Crippen molar-refractivity contribution < 1.29 is 9.90 Å². The standard InChI is InChI=1S/C21H19Br3N4O2S/c1-2-3-6-9-31-21-26-20(30)17-11-7-4-5-8-14(11)25-19(28(17)27-21)15-12(22)10-13(23)18(29)16(15)24/h4-5,7-8,10,19,29H,2-3,6,9H2,1H3,(H,26,27,30). The van der Waals surface area contributed by atoms with E-state index in [2.05, 4.69) is 60.0 Å². The Balaban J connectivity index is 1.86. The van der Waals surface area contributed by atoms with Gasteiger partial charge in [0.05, 0.1) is 14.3 Å². The third-order valence-electron chi connectivity index (χ3n) is 4.94. The molecule has 162 valence electrons. The summed E-state index contributed by atoms with van der Waals surface area (Å²) in [5.41, 5.74) is 1.12. The molecule has 2 aromatic rings. The van der Waals surface area contributed by atoms with E-state index in [0.29, 0.717) is 30.7 Å². The van der Waals surface area contributed by atoms with Gasteiger partial charge in [0.25, 0.3) is 5.91 Å². The van der Waals surface area contributed by atoms with Crippen LogP contribution in [0.2, 0.25) is 0 Å². The van der Waals surface area contributed by atoms with Crippen molar-refractivity contribution in [3.63, 3.8) is 0 Å². The van der Waals surface area contributed by atoms with Crippen LogP contribution < -0.4 is 15.9 Å². The zero-order chi connectivity index (χ0) is 22.1. The summed E-state index contributed by atoms with van der Waals surface area (Å²) in [6.07, 6.45) is 2.70. The number of amides is 1. The van der Waals surface area contributed by atoms with Crippen LogP contribution in [0.1, 0.15) is 37.9 Å². The Labute approximate surface area is 209 Å². The molecule has 0 aliphatic carbocycles. The van der Waals surface area contributed by atoms with Crippen LogP contribution in [0.3, 0.4) is 0 Å². The van der Waals surface area contributed by atoms with E-state index in [4.69, 9.17) is 10.1 Å². The smallest absolute Gasteiger partial charge is 0.276 e. The molecule has 0 radical (unpaired) electrons. The predicted molar refractivity (Wildman–Crippen MR) is 134 cm³/mol. The first-order chi connectivity index (χ1) is 14.9.